The fraction of sp³-hybridized carbons (Fsp3) is 0.0448. The number of hydrogen-bond donors (Lipinski definition) is 0. The van der Waals surface area contributed by atoms with Crippen molar-refractivity contribution in [3.8, 4) is 39.4 Å². The van der Waals surface area contributed by atoms with Gasteiger partial charge in [0, 0.05) is 0 Å². The van der Waals surface area contributed by atoms with Gasteiger partial charge in [-0.25, -0.2) is 4.85 Å². The molecule has 2 nitrogen and oxygen atoms in total. The summed E-state index contributed by atoms with van der Waals surface area (Å²) in [5.74, 6) is 0. The molecule has 0 aliphatic heterocycles. The maximum atomic E-state index is 10.5. The molecule has 1 spiro atoms. The van der Waals surface area contributed by atoms with E-state index in [0.717, 1.165) is 44.5 Å². The Morgan fingerprint density at radius 1 is 0.319 bits per heavy atom. The van der Waals surface area contributed by atoms with Crippen LogP contribution in [0.4, 0.5) is 5.69 Å². The van der Waals surface area contributed by atoms with Crippen LogP contribution in [0.3, 0.4) is 0 Å². The second kappa shape index (κ2) is 14.5. The number of rotatable bonds is 4. The molecule has 0 atom stereocenters. The average molecular weight is 873 g/mol. The van der Waals surface area contributed by atoms with E-state index in [1.165, 1.54) is 66.8 Å². The highest BCUT2D eigenvalue weighted by Crippen LogP contribution is 2.65. The fourth-order valence-electron chi connectivity index (χ4n) is 13.3. The van der Waals surface area contributed by atoms with E-state index in [1.54, 1.807) is 0 Å². The van der Waals surface area contributed by atoms with E-state index in [2.05, 4.69) is 241 Å². The first-order chi connectivity index (χ1) is 34.1. The summed E-state index contributed by atoms with van der Waals surface area (Å²) in [7, 11) is 0. The predicted octanol–water partition coefficient (Wildman–Crippen LogP) is 15.7. The SMILES string of the molecule is [C-]#[N+]c1ccc2c(c1)C(c1ccccc1)(c1ccccc1)c1cc3c(cc1-2)C1(c2cc4c(cc2C=C3)C(c2ccccc2)(c2ccccc2)c2cc(C#N)ccc2-4)c2ccccc2-c2ccccc21. The van der Waals surface area contributed by atoms with Crippen LogP contribution in [-0.4, -0.2) is 0 Å². The van der Waals surface area contributed by atoms with Gasteiger partial charge < -0.3 is 0 Å². The summed E-state index contributed by atoms with van der Waals surface area (Å²) in [5.41, 5.74) is 22.8. The molecule has 0 unspecified atom stereocenters. The van der Waals surface area contributed by atoms with Crippen molar-refractivity contribution < 1.29 is 0 Å². The van der Waals surface area contributed by atoms with E-state index >= 15 is 0 Å². The van der Waals surface area contributed by atoms with E-state index in [-0.39, 0.29) is 0 Å². The van der Waals surface area contributed by atoms with E-state index in [4.69, 9.17) is 6.57 Å². The third-order valence-corrected chi connectivity index (χ3v) is 15.9. The molecule has 14 rings (SSSR count). The van der Waals surface area contributed by atoms with Crippen LogP contribution in [0.15, 0.2) is 231 Å². The third kappa shape index (κ3) is 4.97. The Balaban J connectivity index is 1.14. The summed E-state index contributed by atoms with van der Waals surface area (Å²) in [6.07, 6.45) is 4.74. The lowest BCUT2D eigenvalue weighted by Crippen LogP contribution is -2.32. The standard InChI is InChI=1S/C67H40N2/c1-69-50-33-35-54-56-41-60-45(38-63(56)66(64(54)39-50,48-22-10-4-11-23-48)49-24-12-5-13-25-49)32-31-44-37-62-55(40-59(44)67(60)57-28-16-14-26-51(57)52-27-15-17-29-58(52)67)53-34-30-43(42-68)36-61(53)65(62,46-18-6-2-7-19-46)47-20-8-3-9-21-47/h2-41H. The number of nitrogens with zero attached hydrogens (tertiary/aromatic N) is 2. The normalized spacial score (nSPS) is 14.9. The zero-order valence-corrected chi connectivity index (χ0v) is 37.5. The minimum absolute atomic E-state index is 0.626. The van der Waals surface area contributed by atoms with E-state index < -0.39 is 16.2 Å². The van der Waals surface area contributed by atoms with Crippen LogP contribution in [0.25, 0.3) is 50.4 Å². The lowest BCUT2D eigenvalue weighted by Gasteiger charge is -2.38. The molecule has 2 heteroatoms. The summed E-state index contributed by atoms with van der Waals surface area (Å²) in [6.45, 7) is 8.23. The van der Waals surface area contributed by atoms with E-state index in [9.17, 15) is 5.26 Å². The van der Waals surface area contributed by atoms with Gasteiger partial charge >= 0.3 is 0 Å². The van der Waals surface area contributed by atoms with Gasteiger partial charge in [-0.1, -0.05) is 206 Å². The van der Waals surface area contributed by atoms with Gasteiger partial charge in [-0.15, -0.1) is 0 Å². The minimum atomic E-state index is -0.732. The molecule has 0 bridgehead atoms. The maximum absolute atomic E-state index is 10.5. The smallest absolute Gasteiger partial charge is 0.187 e. The molecular formula is C67H40N2. The molecule has 4 aliphatic carbocycles. The van der Waals surface area contributed by atoms with Crippen LogP contribution in [0, 0.1) is 17.9 Å². The van der Waals surface area contributed by atoms with E-state index in [0.29, 0.717) is 11.3 Å². The van der Waals surface area contributed by atoms with Crippen molar-refractivity contribution in [3.05, 3.63) is 325 Å². The van der Waals surface area contributed by atoms with Crippen LogP contribution < -0.4 is 0 Å². The molecule has 0 heterocycles. The quantitative estimate of drug-likeness (QED) is 0.162. The fourth-order valence-corrected chi connectivity index (χ4v) is 13.3. The molecule has 0 amide bonds. The van der Waals surface area contributed by atoms with Crippen LogP contribution in [-0.2, 0) is 16.2 Å². The van der Waals surface area contributed by atoms with Crippen molar-refractivity contribution in [1.29, 1.82) is 5.26 Å². The van der Waals surface area contributed by atoms with Crippen LogP contribution >= 0.6 is 0 Å². The van der Waals surface area contributed by atoms with Crippen LogP contribution in [0.5, 0.6) is 0 Å². The Morgan fingerprint density at radius 2 is 0.696 bits per heavy atom. The van der Waals surface area contributed by atoms with Crippen molar-refractivity contribution >= 4 is 17.8 Å². The van der Waals surface area contributed by atoms with Crippen molar-refractivity contribution in [2.75, 3.05) is 0 Å². The van der Waals surface area contributed by atoms with Gasteiger partial charge in [-0.05, 0) is 148 Å². The molecule has 4 aliphatic rings. The first kappa shape index (κ1) is 39.1. The Morgan fingerprint density at radius 3 is 1.13 bits per heavy atom. The zero-order valence-electron chi connectivity index (χ0n) is 37.5. The average Bonchev–Trinajstić information content (AvgIpc) is 3.96. The lowest BCUT2D eigenvalue weighted by atomic mass is 9.63. The second-order valence-corrected chi connectivity index (χ2v) is 18.8. The van der Waals surface area contributed by atoms with Crippen molar-refractivity contribution in [2.24, 2.45) is 0 Å². The molecule has 0 fully saturated rings. The molecule has 0 radical (unpaired) electrons. The van der Waals surface area contributed by atoms with Crippen molar-refractivity contribution in [3.63, 3.8) is 0 Å². The molecule has 318 valence electrons. The summed E-state index contributed by atoms with van der Waals surface area (Å²) < 4.78 is 0. The number of fused-ring (bicyclic) bond motifs is 15. The number of nitriles is 1. The first-order valence-electron chi connectivity index (χ1n) is 23.7. The van der Waals surface area contributed by atoms with Gasteiger partial charge in [0.1, 0.15) is 0 Å². The summed E-state index contributed by atoms with van der Waals surface area (Å²) in [4.78, 5) is 4.01. The van der Waals surface area contributed by atoms with Gasteiger partial charge in [0.05, 0.1) is 34.4 Å². The molecule has 69 heavy (non-hydrogen) atoms. The second-order valence-electron chi connectivity index (χ2n) is 18.8. The Labute approximate surface area is 402 Å². The van der Waals surface area contributed by atoms with Gasteiger partial charge in [0.25, 0.3) is 0 Å². The largest absolute Gasteiger partial charge is 0.238 e. The van der Waals surface area contributed by atoms with Gasteiger partial charge in [-0.2, -0.15) is 5.26 Å². The molecular weight excluding hydrogens is 833 g/mol. The summed E-state index contributed by atoms with van der Waals surface area (Å²) in [6, 6.07) is 86.7. The molecule has 10 aromatic carbocycles. The zero-order chi connectivity index (χ0) is 45.9. The monoisotopic (exact) mass is 872 g/mol. The summed E-state index contributed by atoms with van der Waals surface area (Å²) in [5, 5.41) is 10.5. The predicted molar refractivity (Wildman–Crippen MR) is 278 cm³/mol. The van der Waals surface area contributed by atoms with Crippen molar-refractivity contribution in [1.82, 2.24) is 0 Å². The Hall–Kier alpha value is -9.08. The first-order valence-corrected chi connectivity index (χ1v) is 23.7. The topological polar surface area (TPSA) is 28.1 Å². The summed E-state index contributed by atoms with van der Waals surface area (Å²) >= 11 is 0. The maximum Gasteiger partial charge on any atom is 0.187 e. The molecule has 0 saturated carbocycles. The molecule has 0 saturated heterocycles. The lowest BCUT2D eigenvalue weighted by molar-refractivity contribution is 0.747. The van der Waals surface area contributed by atoms with Gasteiger partial charge in [0.2, 0.25) is 0 Å². The highest BCUT2D eigenvalue weighted by molar-refractivity contribution is 5.98. The molecule has 10 aromatic rings. The highest BCUT2D eigenvalue weighted by Gasteiger charge is 2.54. The van der Waals surface area contributed by atoms with Crippen LogP contribution in [0.2, 0.25) is 0 Å². The number of benzene rings is 10. The van der Waals surface area contributed by atoms with E-state index in [1.807, 2.05) is 12.1 Å². The Kier molecular flexibility index (Phi) is 8.20. The number of hydrogen-bond acceptors (Lipinski definition) is 1. The van der Waals surface area contributed by atoms with Crippen molar-refractivity contribution in [2.45, 2.75) is 16.2 Å². The molecule has 0 aromatic heterocycles. The van der Waals surface area contributed by atoms with Gasteiger partial charge in [0.15, 0.2) is 5.69 Å². The highest BCUT2D eigenvalue weighted by atomic mass is 14.6. The third-order valence-electron chi connectivity index (χ3n) is 15.9. The van der Waals surface area contributed by atoms with Gasteiger partial charge in [-0.3, -0.25) is 0 Å². The minimum Gasteiger partial charge on any atom is -0.238 e. The van der Waals surface area contributed by atoms with Crippen LogP contribution in [0.1, 0.15) is 83.5 Å². The molecule has 0 N–H and O–H groups in total. The Bertz CT molecular complexity index is 3570.